The van der Waals surface area contributed by atoms with Crippen molar-refractivity contribution in [3.8, 4) is 0 Å². The van der Waals surface area contributed by atoms with E-state index >= 15 is 0 Å². The molecule has 3 amide bonds. The maximum Gasteiger partial charge on any atom is 0.305 e. The van der Waals surface area contributed by atoms with Crippen LogP contribution in [0.5, 0.6) is 0 Å². The molecule has 0 radical (unpaired) electrons. The molecule has 0 saturated carbocycles. The van der Waals surface area contributed by atoms with Gasteiger partial charge in [0.15, 0.2) is 0 Å². The fourth-order valence-electron chi connectivity index (χ4n) is 2.20. The smallest absolute Gasteiger partial charge is 0.305 e. The zero-order chi connectivity index (χ0) is 18.6. The number of anilines is 1. The van der Waals surface area contributed by atoms with Crippen molar-refractivity contribution >= 4 is 41.0 Å². The van der Waals surface area contributed by atoms with Gasteiger partial charge in [-0.1, -0.05) is 11.6 Å². The molecule has 1 aliphatic heterocycles. The minimum absolute atomic E-state index is 0.0185. The number of hydrogen-bond donors (Lipinski definition) is 3. The molecule has 0 bridgehead atoms. The van der Waals surface area contributed by atoms with Crippen LogP contribution in [0.1, 0.15) is 23.7 Å². The van der Waals surface area contributed by atoms with E-state index in [0.717, 1.165) is 4.90 Å². The third kappa shape index (κ3) is 4.80. The van der Waals surface area contributed by atoms with Crippen molar-refractivity contribution in [2.24, 2.45) is 0 Å². The lowest BCUT2D eigenvalue weighted by Gasteiger charge is -2.13. The summed E-state index contributed by atoms with van der Waals surface area (Å²) in [6.07, 6.45) is 1.11. The number of nitrogens with one attached hydrogen (secondary N) is 2. The predicted octanol–water partition coefficient (Wildman–Crippen LogP) is 1.23. The molecule has 0 spiro atoms. The Morgan fingerprint density at radius 2 is 2.04 bits per heavy atom. The van der Waals surface area contributed by atoms with E-state index in [1.807, 2.05) is 0 Å². The van der Waals surface area contributed by atoms with E-state index in [1.165, 1.54) is 25.1 Å². The van der Waals surface area contributed by atoms with Crippen LogP contribution in [0.3, 0.4) is 0 Å². The molecule has 1 aromatic rings. The molecule has 0 unspecified atom stereocenters. The van der Waals surface area contributed by atoms with E-state index in [2.05, 4.69) is 10.6 Å². The maximum absolute atomic E-state index is 12.1. The molecule has 1 aliphatic rings. The van der Waals surface area contributed by atoms with E-state index in [1.54, 1.807) is 6.07 Å². The Hall–Kier alpha value is -2.87. The molecule has 0 saturated heterocycles. The van der Waals surface area contributed by atoms with Gasteiger partial charge in [0, 0.05) is 30.9 Å². The van der Waals surface area contributed by atoms with Crippen molar-refractivity contribution in [2.75, 3.05) is 18.4 Å². The van der Waals surface area contributed by atoms with Gasteiger partial charge in [0.2, 0.25) is 5.91 Å². The van der Waals surface area contributed by atoms with Gasteiger partial charge in [0.25, 0.3) is 11.8 Å². The van der Waals surface area contributed by atoms with Crippen molar-refractivity contribution in [1.29, 1.82) is 0 Å². The van der Waals surface area contributed by atoms with E-state index < -0.39 is 17.8 Å². The van der Waals surface area contributed by atoms with Gasteiger partial charge in [0.1, 0.15) is 0 Å². The van der Waals surface area contributed by atoms with Crippen LogP contribution >= 0.6 is 11.6 Å². The summed E-state index contributed by atoms with van der Waals surface area (Å²) in [7, 11) is 0. The van der Waals surface area contributed by atoms with Crippen molar-refractivity contribution in [1.82, 2.24) is 10.2 Å². The second-order valence-corrected chi connectivity index (χ2v) is 5.74. The predicted molar refractivity (Wildman–Crippen MR) is 90.1 cm³/mol. The summed E-state index contributed by atoms with van der Waals surface area (Å²) in [5, 5.41) is 14.2. The number of carboxylic acids is 1. The van der Waals surface area contributed by atoms with E-state index in [0.29, 0.717) is 11.4 Å². The topological polar surface area (TPSA) is 116 Å². The minimum Gasteiger partial charge on any atom is -0.481 e. The Morgan fingerprint density at radius 1 is 1.32 bits per heavy atom. The number of nitrogens with zero attached hydrogens (tertiary/aromatic N) is 1. The number of carboxylic acid groups (broad SMARTS) is 1. The van der Waals surface area contributed by atoms with Gasteiger partial charge in [-0.2, -0.15) is 0 Å². The summed E-state index contributed by atoms with van der Waals surface area (Å²) in [6.45, 7) is 1.41. The Bertz CT molecular complexity index is 775. The molecule has 1 aromatic carbocycles. The quantitative estimate of drug-likeness (QED) is 0.698. The van der Waals surface area contributed by atoms with E-state index in [4.69, 9.17) is 16.7 Å². The van der Waals surface area contributed by atoms with Gasteiger partial charge in [-0.15, -0.1) is 0 Å². The van der Waals surface area contributed by atoms with Crippen LogP contribution in [0.4, 0.5) is 5.69 Å². The summed E-state index contributed by atoms with van der Waals surface area (Å²) in [5.74, 6) is -2.28. The lowest BCUT2D eigenvalue weighted by molar-refractivity contribution is -0.139. The highest BCUT2D eigenvalue weighted by Crippen LogP contribution is 2.23. The molecule has 1 heterocycles. The molecule has 8 nitrogen and oxygen atoms in total. The standard InChI is InChI=1S/C16H16ClN3O5/c1-9(21)20-8-11(7-14(20)22)19-10-2-3-13(17)12(6-10)16(25)18-5-4-15(23)24/h2-3,6-7,19H,4-5,8H2,1H3,(H,18,25)(H,23,24). The summed E-state index contributed by atoms with van der Waals surface area (Å²) >= 11 is 6.01. The molecule has 0 atom stereocenters. The van der Waals surface area contributed by atoms with Crippen LogP contribution in [0.2, 0.25) is 5.02 Å². The first-order valence-electron chi connectivity index (χ1n) is 7.37. The molecule has 0 fully saturated rings. The van der Waals surface area contributed by atoms with Crippen LogP contribution in [0.15, 0.2) is 30.0 Å². The SMILES string of the molecule is CC(=O)N1CC(Nc2ccc(Cl)c(C(=O)NCCC(=O)O)c2)=CC1=O. The fraction of sp³-hybridized carbons (Fsp3) is 0.250. The zero-order valence-electron chi connectivity index (χ0n) is 13.3. The second kappa shape index (κ2) is 7.80. The number of rotatable bonds is 6. The second-order valence-electron chi connectivity index (χ2n) is 5.33. The summed E-state index contributed by atoms with van der Waals surface area (Å²) < 4.78 is 0. The lowest BCUT2D eigenvalue weighted by Crippen LogP contribution is -2.31. The first-order chi connectivity index (χ1) is 11.8. The monoisotopic (exact) mass is 365 g/mol. The highest BCUT2D eigenvalue weighted by molar-refractivity contribution is 6.34. The largest absolute Gasteiger partial charge is 0.481 e. The zero-order valence-corrected chi connectivity index (χ0v) is 14.1. The number of benzene rings is 1. The lowest BCUT2D eigenvalue weighted by atomic mass is 10.1. The number of halogens is 1. The number of carbonyl (C=O) groups excluding carboxylic acids is 3. The molecule has 2 rings (SSSR count). The first kappa shape index (κ1) is 18.5. The third-order valence-corrected chi connectivity index (χ3v) is 3.74. The molecule has 132 valence electrons. The Morgan fingerprint density at radius 3 is 2.64 bits per heavy atom. The van der Waals surface area contributed by atoms with Crippen molar-refractivity contribution in [2.45, 2.75) is 13.3 Å². The minimum atomic E-state index is -1.02. The highest BCUT2D eigenvalue weighted by Gasteiger charge is 2.24. The maximum atomic E-state index is 12.1. The first-order valence-corrected chi connectivity index (χ1v) is 7.75. The Balaban J connectivity index is 2.07. The number of amides is 3. The van der Waals surface area contributed by atoms with Crippen molar-refractivity contribution in [3.05, 3.63) is 40.6 Å². The van der Waals surface area contributed by atoms with Gasteiger partial charge < -0.3 is 15.7 Å². The summed E-state index contributed by atoms with van der Waals surface area (Å²) in [5.41, 5.74) is 1.20. The molecule has 0 aromatic heterocycles. The van der Waals surface area contributed by atoms with Crippen LogP contribution < -0.4 is 10.6 Å². The molecule has 0 aliphatic carbocycles. The molecular formula is C16H16ClN3O5. The summed E-state index contributed by atoms with van der Waals surface area (Å²) in [4.78, 5) is 46.7. The van der Waals surface area contributed by atoms with E-state index in [-0.39, 0.29) is 36.0 Å². The van der Waals surface area contributed by atoms with Crippen LogP contribution in [0, 0.1) is 0 Å². The Kier molecular flexibility index (Phi) is 5.76. The van der Waals surface area contributed by atoms with Gasteiger partial charge in [-0.3, -0.25) is 24.1 Å². The highest BCUT2D eigenvalue weighted by atomic mass is 35.5. The van der Waals surface area contributed by atoms with Crippen molar-refractivity contribution < 1.29 is 24.3 Å². The average molecular weight is 366 g/mol. The van der Waals surface area contributed by atoms with Gasteiger partial charge in [-0.25, -0.2) is 0 Å². The van der Waals surface area contributed by atoms with Gasteiger partial charge in [0.05, 0.1) is 23.6 Å². The van der Waals surface area contributed by atoms with Gasteiger partial charge >= 0.3 is 5.97 Å². The number of carbonyl (C=O) groups is 4. The number of imide groups is 1. The normalized spacial score (nSPS) is 13.4. The van der Waals surface area contributed by atoms with Crippen LogP contribution in [-0.2, 0) is 14.4 Å². The average Bonchev–Trinajstić information content (AvgIpc) is 2.89. The van der Waals surface area contributed by atoms with Gasteiger partial charge in [-0.05, 0) is 18.2 Å². The van der Waals surface area contributed by atoms with E-state index in [9.17, 15) is 19.2 Å². The van der Waals surface area contributed by atoms with Crippen LogP contribution in [-0.4, -0.2) is 46.8 Å². The molecular weight excluding hydrogens is 350 g/mol. The summed E-state index contributed by atoms with van der Waals surface area (Å²) in [6, 6.07) is 4.62. The third-order valence-electron chi connectivity index (χ3n) is 3.41. The molecule has 9 heteroatoms. The molecule has 25 heavy (non-hydrogen) atoms. The molecule has 3 N–H and O–H groups in total. The fourth-order valence-corrected chi connectivity index (χ4v) is 2.41. The van der Waals surface area contributed by atoms with Crippen molar-refractivity contribution in [3.63, 3.8) is 0 Å². The van der Waals surface area contributed by atoms with Crippen LogP contribution in [0.25, 0.3) is 0 Å². The Labute approximate surface area is 148 Å². The number of aliphatic carboxylic acids is 1. The number of hydrogen-bond acceptors (Lipinski definition) is 5.